The molecule has 0 fully saturated rings. The normalized spacial score (nSPS) is 13.3. The van der Waals surface area contributed by atoms with E-state index in [1.54, 1.807) is 0 Å². The van der Waals surface area contributed by atoms with Crippen LogP contribution in [0.4, 0.5) is 0 Å². The average molecular weight is 1880 g/mol. The first-order chi connectivity index (χ1) is 59.0. The lowest BCUT2D eigenvalue weighted by atomic mass is 9.78. The summed E-state index contributed by atoms with van der Waals surface area (Å²) in [6, 6.07) is 0. The smallest absolute Gasteiger partial charge is 0.146 e. The fourth-order valence-corrected chi connectivity index (χ4v) is 20.5. The van der Waals surface area contributed by atoms with Gasteiger partial charge in [0.2, 0.25) is 0 Å². The molecular formula is C118H216N16O. The second kappa shape index (κ2) is 42.4. The van der Waals surface area contributed by atoms with Gasteiger partial charge in [-0.1, -0.05) is 343 Å². The lowest BCUT2D eigenvalue weighted by molar-refractivity contribution is 0.321. The zero-order chi connectivity index (χ0) is 108. The Bertz CT molecular complexity index is 4670. The van der Waals surface area contributed by atoms with Crippen LogP contribution in [0.2, 0.25) is 0 Å². The van der Waals surface area contributed by atoms with E-state index in [1.165, 1.54) is 102 Å². The van der Waals surface area contributed by atoms with Crippen LogP contribution >= 0.6 is 0 Å². The quantitative estimate of drug-likeness (QED) is 0.144. The Morgan fingerprint density at radius 1 is 0.207 bits per heavy atom. The molecule has 0 unspecified atom stereocenters. The summed E-state index contributed by atoms with van der Waals surface area (Å²) in [6.07, 6.45) is 0. The molecule has 774 valence electrons. The molecule has 17 nitrogen and oxygen atoms in total. The summed E-state index contributed by atoms with van der Waals surface area (Å²) >= 11 is 0. The van der Waals surface area contributed by atoms with E-state index in [9.17, 15) is 0 Å². The van der Waals surface area contributed by atoms with Crippen molar-refractivity contribution in [2.75, 3.05) is 0 Å². The van der Waals surface area contributed by atoms with Gasteiger partial charge in [0.05, 0.1) is 45.6 Å². The third-order valence-electron chi connectivity index (χ3n) is 24.8. The highest BCUT2D eigenvalue weighted by molar-refractivity contribution is 5.47. The molecule has 17 heteroatoms. The lowest BCUT2D eigenvalue weighted by Crippen LogP contribution is -2.30. The van der Waals surface area contributed by atoms with Crippen molar-refractivity contribution in [1.29, 1.82) is 0 Å². The van der Waals surface area contributed by atoms with E-state index in [-0.39, 0.29) is 97.7 Å². The number of aromatic nitrogens is 16. The van der Waals surface area contributed by atoms with Gasteiger partial charge >= 0.3 is 0 Å². The van der Waals surface area contributed by atoms with Gasteiger partial charge < -0.3 is 27.4 Å². The maximum atomic E-state index is 5.44. The molecule has 0 N–H and O–H groups in total. The zero-order valence-corrected chi connectivity index (χ0v) is 103. The van der Waals surface area contributed by atoms with Gasteiger partial charge in [0, 0.05) is 181 Å². The minimum atomic E-state index is 0.0316. The Morgan fingerprint density at radius 3 is 0.644 bits per heavy atom. The highest BCUT2D eigenvalue weighted by Gasteiger charge is 2.40. The molecule has 0 amide bonds. The Labute approximate surface area is 833 Å². The zero-order valence-electron chi connectivity index (χ0n) is 103. The molecule has 0 saturated heterocycles. The highest BCUT2D eigenvalue weighted by Crippen LogP contribution is 2.45. The van der Waals surface area contributed by atoms with Crippen molar-refractivity contribution in [3.8, 4) is 0 Å². The number of imidazole rings is 3. The van der Waals surface area contributed by atoms with Crippen LogP contribution in [-0.4, -0.2) is 77.5 Å². The van der Waals surface area contributed by atoms with Crippen molar-refractivity contribution >= 4 is 0 Å². The minimum absolute atomic E-state index is 0.0316. The topological polar surface area (TPSA) is 156 Å². The van der Waals surface area contributed by atoms with Gasteiger partial charge in [-0.3, -0.25) is 14.0 Å². The van der Waals surface area contributed by atoms with Crippen LogP contribution in [0.1, 0.15) is 533 Å². The van der Waals surface area contributed by atoms with Crippen LogP contribution in [0, 0.1) is 83.1 Å². The molecule has 9 heterocycles. The second-order valence-electron chi connectivity index (χ2n) is 57.8. The molecule has 0 aliphatic rings. The third kappa shape index (κ3) is 32.5. The minimum Gasteiger partial charge on any atom is -0.360 e. The van der Waals surface area contributed by atoms with Gasteiger partial charge in [-0.05, 0) is 174 Å². The molecule has 0 aromatic carbocycles. The van der Waals surface area contributed by atoms with E-state index in [2.05, 4.69) is 530 Å². The van der Waals surface area contributed by atoms with Crippen LogP contribution in [-0.2, 0) is 140 Å². The molecule has 0 spiro atoms. The van der Waals surface area contributed by atoms with Gasteiger partial charge in [0.25, 0.3) is 0 Å². The summed E-state index contributed by atoms with van der Waals surface area (Å²) in [5, 5.41) is 21.6. The van der Waals surface area contributed by atoms with E-state index in [1.807, 2.05) is 42.1 Å². The first-order valence-electron chi connectivity index (χ1n) is 50.5. The van der Waals surface area contributed by atoms with E-state index >= 15 is 0 Å². The number of nitrogens with zero attached hydrogens (tertiary/aromatic N) is 16. The molecular weight excluding hydrogens is 1660 g/mol. The van der Waals surface area contributed by atoms with Gasteiger partial charge in [-0.2, -0.15) is 10.2 Å². The highest BCUT2D eigenvalue weighted by atomic mass is 16.5. The SMILES string of the molecule is Cc1c(C(C)(C)C)c(C(C)(C)C)n(C)c1C.Cc1c(C(C)(C)C)c(C(C)(C)C)n(C)c1C.Cc1nc(C(C)(C)C)c(C(C)(C)C)n1C.Cc1nc(C)n(C(C)(C)C)c1C(C)(C)C.Cc1nc(C)n(C(C)(C)C)c1C(C)(C)C.Cc1nn(C)c(C(C)(C)C)c1C(C)(C)C.Cc1nn(C)c(C(C)(C)C)c1C(C)(C)C.Cc1noc(C(C)(C)C)c1C(C)(C)C.Cn1nnc(C(C)(C)C)c1C(C)(C)C. The Morgan fingerprint density at radius 2 is 0.467 bits per heavy atom. The Kier molecular flexibility index (Phi) is 39.6. The molecule has 135 heavy (non-hydrogen) atoms. The molecule has 0 aliphatic heterocycles. The van der Waals surface area contributed by atoms with E-state index in [0.29, 0.717) is 0 Å². The number of hydrogen-bond acceptors (Lipinski definition) is 9. The molecule has 0 aliphatic carbocycles. The van der Waals surface area contributed by atoms with Gasteiger partial charge in [0.15, 0.2) is 0 Å². The van der Waals surface area contributed by atoms with Crippen LogP contribution < -0.4 is 0 Å². The second-order valence-corrected chi connectivity index (χ2v) is 57.8. The fourth-order valence-electron chi connectivity index (χ4n) is 20.5. The van der Waals surface area contributed by atoms with Crippen LogP contribution in [0.3, 0.4) is 0 Å². The predicted octanol–water partition coefficient (Wildman–Crippen LogP) is 31.5. The summed E-state index contributed by atoms with van der Waals surface area (Å²) < 4.78 is 23.1. The fraction of sp³-hybridized carbons (Fsp3) is 0.763. The molecule has 0 atom stereocenters. The number of hydrogen-bond donors (Lipinski definition) is 0. The van der Waals surface area contributed by atoms with Crippen LogP contribution in [0.25, 0.3) is 0 Å². The first-order valence-corrected chi connectivity index (χ1v) is 50.5. The van der Waals surface area contributed by atoms with Crippen molar-refractivity contribution < 1.29 is 4.52 Å². The Hall–Kier alpha value is -7.04. The van der Waals surface area contributed by atoms with Crippen molar-refractivity contribution in [2.24, 2.45) is 42.3 Å². The monoisotopic (exact) mass is 1870 g/mol. The molecule has 9 aromatic heterocycles. The maximum absolute atomic E-state index is 5.44. The van der Waals surface area contributed by atoms with Gasteiger partial charge in [0.1, 0.15) is 23.2 Å². The standard InChI is InChI=1S/2C15H27N.5C13H24N2.C12H21NO.C11H21N3/c2*1-10-11(2)16(9)13(15(6,7)8)12(10)14(3,4)5;1-9-14-10(12(2,3)4)11(15(9)8)13(5,6)7;2*1-9-10(12(2,3)4)11(13(5,6)7)15(8)14-9;2*1-9-11(12(3,4)5)15(10(2)14-9)13(6,7)8;1-8-9(11(2,3)4)10(14-13-8)12(5,6)7;1-10(2,3)8-9(11(4,5)6)14(7)13-12-8/h2*1-9H3;5*1-8H3;2*1-7H3. The first kappa shape index (κ1) is 126. The summed E-state index contributed by atoms with van der Waals surface area (Å²) in [6.45, 7) is 147. The van der Waals surface area contributed by atoms with Crippen molar-refractivity contribution in [1.82, 2.24) is 77.5 Å². The molecule has 9 aromatic rings. The Balaban J connectivity index is 0.000000760. The average Bonchev–Trinajstić information content (AvgIpc) is 1.59. The predicted molar refractivity (Wildman–Crippen MR) is 588 cm³/mol. The van der Waals surface area contributed by atoms with E-state index < -0.39 is 0 Å². The lowest BCUT2D eigenvalue weighted by Gasteiger charge is -2.31. The largest absolute Gasteiger partial charge is 0.360 e. The number of aryl methyl sites for hydroxylation is 11. The van der Waals surface area contributed by atoms with E-state index in [0.717, 1.165) is 57.4 Å². The third-order valence-corrected chi connectivity index (χ3v) is 24.8. The maximum Gasteiger partial charge on any atom is 0.146 e. The van der Waals surface area contributed by atoms with E-state index in [4.69, 9.17) is 9.51 Å². The van der Waals surface area contributed by atoms with Crippen LogP contribution in [0.5, 0.6) is 0 Å². The summed E-state index contributed by atoms with van der Waals surface area (Å²) in [7, 11) is 12.5. The summed E-state index contributed by atoms with van der Waals surface area (Å²) in [5.74, 6) is 4.35. The van der Waals surface area contributed by atoms with Gasteiger partial charge in [-0.15, -0.1) is 5.10 Å². The molecule has 9 rings (SSSR count). The van der Waals surface area contributed by atoms with Crippen LogP contribution in [0.15, 0.2) is 4.52 Å². The summed E-state index contributed by atoms with van der Waals surface area (Å²) in [5.41, 5.74) is 34.4. The van der Waals surface area contributed by atoms with Crippen molar-refractivity contribution in [3.05, 3.63) is 159 Å². The molecule has 0 bridgehead atoms. The summed E-state index contributed by atoms with van der Waals surface area (Å²) in [4.78, 5) is 13.9. The van der Waals surface area contributed by atoms with Gasteiger partial charge in [-0.25, -0.2) is 15.0 Å². The number of rotatable bonds is 0. The molecule has 0 radical (unpaired) electrons. The van der Waals surface area contributed by atoms with Crippen molar-refractivity contribution in [3.63, 3.8) is 0 Å². The van der Waals surface area contributed by atoms with Crippen molar-refractivity contribution in [2.45, 2.75) is 555 Å². The molecule has 0 saturated carbocycles.